The number of esters is 1. The number of ether oxygens (including phenoxy) is 1. The number of hydrogen-bond donors (Lipinski definition) is 1. The highest BCUT2D eigenvalue weighted by atomic mass is 16.5. The maximum Gasteiger partial charge on any atom is 0.310 e. The topological polar surface area (TPSA) is 72.5 Å². The minimum absolute atomic E-state index is 0.0604. The summed E-state index contributed by atoms with van der Waals surface area (Å²) in [4.78, 5) is 35.5. The van der Waals surface area contributed by atoms with Crippen LogP contribution in [0, 0.1) is 13.8 Å². The lowest BCUT2D eigenvalue weighted by molar-refractivity contribution is -0.145. The van der Waals surface area contributed by atoms with Crippen molar-refractivity contribution in [3.8, 4) is 0 Å². The van der Waals surface area contributed by atoms with E-state index in [1.165, 1.54) is 6.92 Å². The van der Waals surface area contributed by atoms with Crippen LogP contribution in [0.5, 0.6) is 0 Å². The zero-order valence-electron chi connectivity index (χ0n) is 15.5. The van der Waals surface area contributed by atoms with Gasteiger partial charge in [0.1, 0.15) is 0 Å². The van der Waals surface area contributed by atoms with E-state index in [-0.39, 0.29) is 18.1 Å². The molecule has 0 unspecified atom stereocenters. The average molecular weight is 353 g/mol. The minimum Gasteiger partial charge on any atom is -0.454 e. The van der Waals surface area contributed by atoms with Crippen LogP contribution in [0.4, 0.5) is 5.69 Å². The average Bonchev–Trinajstić information content (AvgIpc) is 2.58. The second-order valence-electron chi connectivity index (χ2n) is 6.35. The standard InChI is InChI=1S/C21H23NO4/c1-13-5-8-18(11-14(13)2)21(25)15(3)26-20(24)12-17-6-9-19(10-7-17)22-16(4)23/h5-11,15H,12H2,1-4H3,(H,22,23)/t15-/m0/s1. The molecule has 0 aromatic heterocycles. The van der Waals surface area contributed by atoms with E-state index in [9.17, 15) is 14.4 Å². The van der Waals surface area contributed by atoms with Crippen LogP contribution in [0.15, 0.2) is 42.5 Å². The largest absolute Gasteiger partial charge is 0.454 e. The number of carbonyl (C=O) groups excluding carboxylic acids is 3. The first-order valence-electron chi connectivity index (χ1n) is 8.43. The Morgan fingerprint density at radius 1 is 1.00 bits per heavy atom. The van der Waals surface area contributed by atoms with Crippen molar-refractivity contribution in [3.63, 3.8) is 0 Å². The van der Waals surface area contributed by atoms with Gasteiger partial charge in [-0.25, -0.2) is 0 Å². The molecule has 5 nitrogen and oxygen atoms in total. The van der Waals surface area contributed by atoms with Crippen molar-refractivity contribution in [2.75, 3.05) is 5.32 Å². The third kappa shape index (κ3) is 5.28. The second kappa shape index (κ2) is 8.43. The Kier molecular flexibility index (Phi) is 6.28. The molecule has 0 fully saturated rings. The number of Topliss-reactive ketones (excluding diaryl/α,β-unsaturated/α-hetero) is 1. The van der Waals surface area contributed by atoms with E-state index >= 15 is 0 Å². The summed E-state index contributed by atoms with van der Waals surface area (Å²) in [6.07, 6.45) is -0.784. The van der Waals surface area contributed by atoms with Crippen LogP contribution in [-0.2, 0) is 20.7 Å². The molecule has 136 valence electrons. The van der Waals surface area contributed by atoms with E-state index in [0.29, 0.717) is 11.3 Å². The van der Waals surface area contributed by atoms with Gasteiger partial charge in [-0.15, -0.1) is 0 Å². The maximum absolute atomic E-state index is 12.4. The van der Waals surface area contributed by atoms with Gasteiger partial charge in [0.2, 0.25) is 11.7 Å². The molecule has 2 aromatic carbocycles. The third-order valence-corrected chi connectivity index (χ3v) is 4.09. The number of carbonyl (C=O) groups is 3. The van der Waals surface area contributed by atoms with Gasteiger partial charge in [-0.3, -0.25) is 14.4 Å². The molecule has 0 bridgehead atoms. The number of aryl methyl sites for hydroxylation is 2. The van der Waals surface area contributed by atoms with Crippen LogP contribution in [0.25, 0.3) is 0 Å². The second-order valence-corrected chi connectivity index (χ2v) is 6.35. The maximum atomic E-state index is 12.4. The predicted molar refractivity (Wildman–Crippen MR) is 100 cm³/mol. The van der Waals surface area contributed by atoms with Gasteiger partial charge in [-0.05, 0) is 55.7 Å². The molecule has 0 aliphatic carbocycles. The van der Waals surface area contributed by atoms with Crippen molar-refractivity contribution < 1.29 is 19.1 Å². The van der Waals surface area contributed by atoms with Crippen LogP contribution in [0.1, 0.15) is 40.9 Å². The number of rotatable bonds is 6. The molecule has 1 N–H and O–H groups in total. The molecule has 0 saturated carbocycles. The summed E-state index contributed by atoms with van der Waals surface area (Å²) >= 11 is 0. The highest BCUT2D eigenvalue weighted by Gasteiger charge is 2.20. The number of hydrogen-bond acceptors (Lipinski definition) is 4. The Morgan fingerprint density at radius 3 is 2.23 bits per heavy atom. The summed E-state index contributed by atoms with van der Waals surface area (Å²) in [5.41, 5.74) is 4.07. The summed E-state index contributed by atoms with van der Waals surface area (Å²) < 4.78 is 5.28. The summed E-state index contributed by atoms with van der Waals surface area (Å²) in [7, 11) is 0. The molecule has 2 aromatic rings. The van der Waals surface area contributed by atoms with E-state index in [1.807, 2.05) is 26.0 Å². The lowest BCUT2D eigenvalue weighted by Gasteiger charge is -2.13. The normalized spacial score (nSPS) is 11.5. The van der Waals surface area contributed by atoms with Gasteiger partial charge in [0.25, 0.3) is 0 Å². The molecule has 0 aliphatic heterocycles. The van der Waals surface area contributed by atoms with E-state index in [2.05, 4.69) is 5.32 Å². The first-order chi connectivity index (χ1) is 12.3. The number of ketones is 1. The Balaban J connectivity index is 1.94. The number of amides is 1. The van der Waals surface area contributed by atoms with Crippen molar-refractivity contribution in [3.05, 3.63) is 64.7 Å². The summed E-state index contributed by atoms with van der Waals surface area (Å²) in [5, 5.41) is 2.66. The molecule has 0 spiro atoms. The highest BCUT2D eigenvalue weighted by Crippen LogP contribution is 2.14. The van der Waals surface area contributed by atoms with E-state index in [0.717, 1.165) is 16.7 Å². The van der Waals surface area contributed by atoms with Crippen molar-refractivity contribution >= 4 is 23.3 Å². The van der Waals surface area contributed by atoms with Gasteiger partial charge in [0.05, 0.1) is 6.42 Å². The SMILES string of the molecule is CC(=O)Nc1ccc(CC(=O)O[C@@H](C)C(=O)c2ccc(C)c(C)c2)cc1. The molecule has 26 heavy (non-hydrogen) atoms. The van der Waals surface area contributed by atoms with Gasteiger partial charge >= 0.3 is 5.97 Å². The molecule has 0 aliphatic rings. The number of anilines is 1. The van der Waals surface area contributed by atoms with Crippen molar-refractivity contribution in [1.82, 2.24) is 0 Å². The van der Waals surface area contributed by atoms with Gasteiger partial charge in [-0.1, -0.05) is 24.3 Å². The Labute approximate surface area is 153 Å². The van der Waals surface area contributed by atoms with Gasteiger partial charge in [0, 0.05) is 18.2 Å². The predicted octanol–water partition coefficient (Wildman–Crippen LogP) is 3.62. The first-order valence-corrected chi connectivity index (χ1v) is 8.43. The molecule has 0 radical (unpaired) electrons. The summed E-state index contributed by atoms with van der Waals surface area (Å²) in [6.45, 7) is 6.92. The minimum atomic E-state index is -0.844. The van der Waals surface area contributed by atoms with E-state index in [4.69, 9.17) is 4.74 Å². The van der Waals surface area contributed by atoms with Gasteiger partial charge in [-0.2, -0.15) is 0 Å². The summed E-state index contributed by atoms with van der Waals surface area (Å²) in [5.74, 6) is -0.847. The quantitative estimate of drug-likeness (QED) is 0.636. The monoisotopic (exact) mass is 353 g/mol. The fraction of sp³-hybridized carbons (Fsp3) is 0.286. The highest BCUT2D eigenvalue weighted by molar-refractivity contribution is 6.00. The molecular formula is C21H23NO4. The first kappa shape index (κ1) is 19.4. The zero-order chi connectivity index (χ0) is 19.3. The Morgan fingerprint density at radius 2 is 1.65 bits per heavy atom. The number of benzene rings is 2. The lowest BCUT2D eigenvalue weighted by Crippen LogP contribution is -2.25. The molecule has 1 atom stereocenters. The van der Waals surface area contributed by atoms with Gasteiger partial charge in [0.15, 0.2) is 6.10 Å². The van der Waals surface area contributed by atoms with Crippen LogP contribution in [-0.4, -0.2) is 23.8 Å². The van der Waals surface area contributed by atoms with Gasteiger partial charge < -0.3 is 10.1 Å². The smallest absolute Gasteiger partial charge is 0.310 e. The van der Waals surface area contributed by atoms with Crippen molar-refractivity contribution in [1.29, 1.82) is 0 Å². The van der Waals surface area contributed by atoms with Crippen molar-refractivity contribution in [2.45, 2.75) is 40.2 Å². The molecule has 5 heteroatoms. The molecule has 0 heterocycles. The number of nitrogens with one attached hydrogen (secondary N) is 1. The summed E-state index contributed by atoms with van der Waals surface area (Å²) in [6, 6.07) is 12.3. The molecular weight excluding hydrogens is 330 g/mol. The Bertz CT molecular complexity index is 824. The zero-order valence-corrected chi connectivity index (χ0v) is 15.5. The molecule has 0 saturated heterocycles. The van der Waals surface area contributed by atoms with Crippen LogP contribution in [0.3, 0.4) is 0 Å². The molecule has 1 amide bonds. The van der Waals surface area contributed by atoms with Crippen LogP contribution in [0.2, 0.25) is 0 Å². The van der Waals surface area contributed by atoms with E-state index in [1.54, 1.807) is 37.3 Å². The van der Waals surface area contributed by atoms with Crippen LogP contribution >= 0.6 is 0 Å². The fourth-order valence-electron chi connectivity index (χ4n) is 2.50. The van der Waals surface area contributed by atoms with Crippen LogP contribution < -0.4 is 5.32 Å². The Hall–Kier alpha value is -2.95. The van der Waals surface area contributed by atoms with Crippen molar-refractivity contribution in [2.24, 2.45) is 0 Å². The fourth-order valence-corrected chi connectivity index (χ4v) is 2.50. The molecule has 2 rings (SSSR count). The lowest BCUT2D eigenvalue weighted by atomic mass is 10.0. The third-order valence-electron chi connectivity index (χ3n) is 4.09. The van der Waals surface area contributed by atoms with E-state index < -0.39 is 12.1 Å².